The van der Waals surface area contributed by atoms with E-state index < -0.39 is 24.2 Å². The smallest absolute Gasteiger partial charge is 0.452 e. The number of hydrogen-bond acceptors (Lipinski definition) is 5. The van der Waals surface area contributed by atoms with E-state index in [-0.39, 0.29) is 17.9 Å². The lowest BCUT2D eigenvalue weighted by molar-refractivity contribution is -0.146. The predicted octanol–water partition coefficient (Wildman–Crippen LogP) is 5.33. The largest absolute Gasteiger partial charge is 0.496 e. The van der Waals surface area contributed by atoms with E-state index in [0.717, 1.165) is 10.1 Å². The van der Waals surface area contributed by atoms with Gasteiger partial charge in [-0.05, 0) is 42.3 Å². The minimum absolute atomic E-state index is 0.0968. The van der Waals surface area contributed by atoms with Gasteiger partial charge in [-0.15, -0.1) is 10.2 Å². The van der Waals surface area contributed by atoms with Crippen molar-refractivity contribution < 1.29 is 22.6 Å². The van der Waals surface area contributed by atoms with E-state index in [4.69, 9.17) is 21.1 Å². The molecule has 2 heterocycles. The molecule has 0 radical (unpaired) electrons. The lowest BCUT2D eigenvalue weighted by atomic mass is 9.95. The average molecular weight is 449 g/mol. The Balaban J connectivity index is 2.03. The second kappa shape index (κ2) is 7.87. The number of halogens is 4. The van der Waals surface area contributed by atoms with Crippen LogP contribution in [0.15, 0.2) is 36.4 Å². The van der Waals surface area contributed by atoms with Crippen LogP contribution in [-0.2, 0) is 10.9 Å². The Kier molecular flexibility index (Phi) is 5.37. The van der Waals surface area contributed by atoms with E-state index in [1.54, 1.807) is 24.3 Å². The number of aromatic nitrogens is 3. The molecule has 2 atom stereocenters. The number of nitrogens with zero attached hydrogens (tertiary/aromatic N) is 4. The fraction of sp³-hybridized carbons (Fsp3) is 0.286. The number of hydrogen-bond donors (Lipinski definition) is 0. The first-order valence-electron chi connectivity index (χ1n) is 9.24. The lowest BCUT2D eigenvalue weighted by Crippen LogP contribution is -2.16. The van der Waals surface area contributed by atoms with Crippen LogP contribution in [0.4, 0.5) is 13.2 Å². The van der Waals surface area contributed by atoms with Crippen LogP contribution in [0.1, 0.15) is 47.0 Å². The molecular weight excluding hydrogens is 433 g/mol. The topological polar surface area (TPSA) is 73.0 Å². The molecular formula is C21H16ClF3N4O2. The van der Waals surface area contributed by atoms with E-state index in [1.165, 1.54) is 19.2 Å². The highest BCUT2D eigenvalue weighted by Gasteiger charge is 2.43. The first kappa shape index (κ1) is 21.2. The number of ether oxygens (including phenoxy) is 2. The van der Waals surface area contributed by atoms with Crippen molar-refractivity contribution in [1.29, 1.82) is 5.26 Å². The monoisotopic (exact) mass is 448 g/mol. The first-order valence-corrected chi connectivity index (χ1v) is 9.62. The van der Waals surface area contributed by atoms with Crippen molar-refractivity contribution in [2.75, 3.05) is 7.11 Å². The molecule has 2 aromatic carbocycles. The number of fused-ring (bicyclic) bond motifs is 3. The summed E-state index contributed by atoms with van der Waals surface area (Å²) >= 11 is 6.21. The summed E-state index contributed by atoms with van der Waals surface area (Å²) in [6.45, 7) is 1.83. The summed E-state index contributed by atoms with van der Waals surface area (Å²) in [6.07, 6.45) is -6.83. The molecule has 160 valence electrons. The van der Waals surface area contributed by atoms with Crippen molar-refractivity contribution in [1.82, 2.24) is 14.8 Å². The van der Waals surface area contributed by atoms with Gasteiger partial charge in [0, 0.05) is 10.6 Å². The molecule has 31 heavy (non-hydrogen) atoms. The lowest BCUT2D eigenvalue weighted by Gasteiger charge is -2.24. The zero-order chi connectivity index (χ0) is 22.3. The summed E-state index contributed by atoms with van der Waals surface area (Å²) in [4.78, 5) is 0. The molecule has 10 heteroatoms. The van der Waals surface area contributed by atoms with Gasteiger partial charge in [0.2, 0.25) is 5.82 Å². The van der Waals surface area contributed by atoms with Gasteiger partial charge in [0.25, 0.3) is 0 Å². The number of nitriles is 1. The third-order valence-electron chi connectivity index (χ3n) is 5.15. The maximum Gasteiger partial charge on any atom is 0.452 e. The van der Waals surface area contributed by atoms with Crippen LogP contribution in [0, 0.1) is 18.3 Å². The second-order valence-electron chi connectivity index (χ2n) is 6.96. The van der Waals surface area contributed by atoms with Crippen LogP contribution in [0.25, 0.3) is 5.69 Å². The van der Waals surface area contributed by atoms with Crippen LogP contribution in [0.2, 0.25) is 5.02 Å². The molecule has 6 nitrogen and oxygen atoms in total. The standard InChI is InChI=1S/C21H16ClF3N4O2/c1-11-13(4-3-5-16(11)30-2)18-14-10-12(22)6-7-15(14)29-19(17(31-18)8-9-26)27-28-20(29)21(23,24)25/h3-7,10,17-18H,8H2,1-2H3/t17-,18-/m1/s1. The highest BCUT2D eigenvalue weighted by Crippen LogP contribution is 2.45. The molecule has 0 amide bonds. The normalized spacial score (nSPS) is 18.0. The summed E-state index contributed by atoms with van der Waals surface area (Å²) in [5.74, 6) is -0.692. The Morgan fingerprint density at radius 2 is 2.00 bits per heavy atom. The van der Waals surface area contributed by atoms with Crippen molar-refractivity contribution in [3.63, 3.8) is 0 Å². The molecule has 1 aromatic heterocycles. The van der Waals surface area contributed by atoms with Crippen molar-refractivity contribution in [3.8, 4) is 17.5 Å². The van der Waals surface area contributed by atoms with Gasteiger partial charge in [0.05, 0.1) is 25.3 Å². The molecule has 0 spiro atoms. The van der Waals surface area contributed by atoms with Gasteiger partial charge in [-0.2, -0.15) is 18.4 Å². The fourth-order valence-electron chi connectivity index (χ4n) is 3.76. The second-order valence-corrected chi connectivity index (χ2v) is 7.40. The van der Waals surface area contributed by atoms with E-state index in [2.05, 4.69) is 10.2 Å². The number of benzene rings is 2. The summed E-state index contributed by atoms with van der Waals surface area (Å²) in [6, 6.07) is 11.8. The van der Waals surface area contributed by atoms with E-state index in [9.17, 15) is 18.4 Å². The van der Waals surface area contributed by atoms with E-state index in [1.807, 2.05) is 13.0 Å². The Hall–Kier alpha value is -3.09. The van der Waals surface area contributed by atoms with Crippen molar-refractivity contribution >= 4 is 11.6 Å². The highest BCUT2D eigenvalue weighted by atomic mass is 35.5. The maximum atomic E-state index is 13.7. The molecule has 0 aliphatic carbocycles. The SMILES string of the molecule is COc1cccc([C@H]2O[C@H](CC#N)c3nnc(C(F)(F)F)n3-c3ccc(Cl)cc32)c1C. The first-order chi connectivity index (χ1) is 14.8. The predicted molar refractivity (Wildman–Crippen MR) is 105 cm³/mol. The summed E-state index contributed by atoms with van der Waals surface area (Å²) < 4.78 is 53.7. The maximum absolute atomic E-state index is 13.7. The van der Waals surface area contributed by atoms with Gasteiger partial charge in [0.15, 0.2) is 5.82 Å². The van der Waals surface area contributed by atoms with Crippen molar-refractivity contribution in [3.05, 3.63) is 69.8 Å². The summed E-state index contributed by atoms with van der Waals surface area (Å²) in [7, 11) is 1.53. The third kappa shape index (κ3) is 3.62. The molecule has 4 rings (SSSR count). The Bertz CT molecular complexity index is 1190. The molecule has 0 N–H and O–H groups in total. The minimum Gasteiger partial charge on any atom is -0.496 e. The van der Waals surface area contributed by atoms with Gasteiger partial charge in [0.1, 0.15) is 18.0 Å². The van der Waals surface area contributed by atoms with Gasteiger partial charge in [-0.3, -0.25) is 4.57 Å². The highest BCUT2D eigenvalue weighted by molar-refractivity contribution is 6.30. The van der Waals surface area contributed by atoms with Gasteiger partial charge >= 0.3 is 6.18 Å². The van der Waals surface area contributed by atoms with Crippen LogP contribution in [0.5, 0.6) is 5.75 Å². The average Bonchev–Trinajstić information content (AvgIpc) is 3.12. The van der Waals surface area contributed by atoms with Gasteiger partial charge < -0.3 is 9.47 Å². The molecule has 3 aromatic rings. The molecule has 0 saturated heterocycles. The quantitative estimate of drug-likeness (QED) is 0.541. The Labute approximate surface area is 180 Å². The molecule has 1 aliphatic heterocycles. The molecule has 0 fully saturated rings. The van der Waals surface area contributed by atoms with Gasteiger partial charge in [-0.25, -0.2) is 0 Å². The zero-order valence-corrected chi connectivity index (χ0v) is 17.2. The fourth-order valence-corrected chi connectivity index (χ4v) is 3.94. The molecule has 0 saturated carbocycles. The Morgan fingerprint density at radius 1 is 1.23 bits per heavy atom. The van der Waals surface area contributed by atoms with Crippen molar-refractivity contribution in [2.24, 2.45) is 0 Å². The number of rotatable bonds is 3. The number of alkyl halides is 3. The number of methoxy groups -OCH3 is 1. The molecule has 0 bridgehead atoms. The van der Waals surface area contributed by atoms with Crippen LogP contribution >= 0.6 is 11.6 Å². The summed E-state index contributed by atoms with van der Waals surface area (Å²) in [5.41, 5.74) is 2.02. The third-order valence-corrected chi connectivity index (χ3v) is 5.38. The van der Waals surface area contributed by atoms with Crippen molar-refractivity contribution in [2.45, 2.75) is 31.7 Å². The molecule has 0 unspecified atom stereocenters. The van der Waals surface area contributed by atoms with Crippen LogP contribution < -0.4 is 4.74 Å². The summed E-state index contributed by atoms with van der Waals surface area (Å²) in [5, 5.41) is 16.7. The van der Waals surface area contributed by atoms with E-state index >= 15 is 0 Å². The molecule has 1 aliphatic rings. The van der Waals surface area contributed by atoms with Gasteiger partial charge in [-0.1, -0.05) is 23.7 Å². The van der Waals surface area contributed by atoms with Crippen LogP contribution in [-0.4, -0.2) is 21.9 Å². The van der Waals surface area contributed by atoms with Crippen LogP contribution in [0.3, 0.4) is 0 Å². The zero-order valence-electron chi connectivity index (χ0n) is 16.4. The van der Waals surface area contributed by atoms with E-state index in [0.29, 0.717) is 21.9 Å². The Morgan fingerprint density at radius 3 is 2.68 bits per heavy atom. The minimum atomic E-state index is -4.76.